The van der Waals surface area contributed by atoms with Crippen molar-refractivity contribution in [2.75, 3.05) is 26.2 Å². The van der Waals surface area contributed by atoms with Crippen LogP contribution in [0.4, 0.5) is 0 Å². The van der Waals surface area contributed by atoms with Crippen LogP contribution in [0.2, 0.25) is 0 Å². The molecule has 4 rings (SSSR count). The van der Waals surface area contributed by atoms with Gasteiger partial charge in [-0.25, -0.2) is 4.63 Å². The number of aryl methyl sites for hydroxylation is 3. The Morgan fingerprint density at radius 2 is 1.93 bits per heavy atom. The number of carbonyl (C=O) groups is 1. The molecule has 1 fully saturated rings. The average molecular weight is 381 g/mol. The standard InChI is InChI=1S/C21H27N5O2/c1-3-25-14-17(18-6-4-5-7-20(18)25)8-9-21(27)26-12-10-24(11-13-26)15-19-16(2)22-28-23-19/h4-7,14H,3,8-13,15H2,1-2H3. The van der Waals surface area contributed by atoms with Gasteiger partial charge in [-0.15, -0.1) is 0 Å². The van der Waals surface area contributed by atoms with Gasteiger partial charge in [-0.1, -0.05) is 28.5 Å². The molecular weight excluding hydrogens is 354 g/mol. The van der Waals surface area contributed by atoms with Crippen molar-refractivity contribution in [2.45, 2.75) is 39.8 Å². The van der Waals surface area contributed by atoms with E-state index >= 15 is 0 Å². The Labute approximate surface area is 164 Å². The van der Waals surface area contributed by atoms with Crippen LogP contribution in [-0.2, 0) is 24.3 Å². The maximum Gasteiger partial charge on any atom is 0.222 e. The zero-order chi connectivity index (χ0) is 19.5. The number of piperazine rings is 1. The number of rotatable bonds is 6. The van der Waals surface area contributed by atoms with Crippen LogP contribution >= 0.6 is 0 Å². The Hall–Kier alpha value is -2.67. The zero-order valence-electron chi connectivity index (χ0n) is 16.6. The Morgan fingerprint density at radius 3 is 2.64 bits per heavy atom. The van der Waals surface area contributed by atoms with Crippen molar-refractivity contribution in [2.24, 2.45) is 0 Å². The molecule has 1 saturated heterocycles. The fourth-order valence-corrected chi connectivity index (χ4v) is 3.94. The van der Waals surface area contributed by atoms with Crippen LogP contribution < -0.4 is 0 Å². The molecule has 3 aromatic rings. The van der Waals surface area contributed by atoms with Gasteiger partial charge in [0.15, 0.2) is 0 Å². The van der Waals surface area contributed by atoms with Crippen molar-refractivity contribution < 1.29 is 9.42 Å². The molecule has 1 aliphatic rings. The highest BCUT2D eigenvalue weighted by molar-refractivity contribution is 5.85. The molecule has 0 spiro atoms. The molecule has 0 saturated carbocycles. The van der Waals surface area contributed by atoms with Crippen molar-refractivity contribution in [3.8, 4) is 0 Å². The van der Waals surface area contributed by atoms with Crippen molar-refractivity contribution in [3.05, 3.63) is 47.4 Å². The van der Waals surface area contributed by atoms with Crippen LogP contribution in [0.15, 0.2) is 35.1 Å². The Kier molecular flexibility index (Phi) is 5.43. The lowest BCUT2D eigenvalue weighted by molar-refractivity contribution is -0.133. The Balaban J connectivity index is 1.31. The summed E-state index contributed by atoms with van der Waals surface area (Å²) in [5.74, 6) is 0.243. The Bertz CT molecular complexity index is 953. The number of hydrogen-bond acceptors (Lipinski definition) is 5. The maximum atomic E-state index is 12.7. The van der Waals surface area contributed by atoms with Gasteiger partial charge in [-0.2, -0.15) is 0 Å². The largest absolute Gasteiger partial charge is 0.347 e. The monoisotopic (exact) mass is 381 g/mol. The van der Waals surface area contributed by atoms with Gasteiger partial charge in [0.25, 0.3) is 0 Å². The molecule has 0 radical (unpaired) electrons. The smallest absolute Gasteiger partial charge is 0.222 e. The fraction of sp³-hybridized carbons (Fsp3) is 0.476. The van der Waals surface area contributed by atoms with E-state index in [0.717, 1.165) is 57.1 Å². The minimum atomic E-state index is 0.243. The van der Waals surface area contributed by atoms with E-state index in [2.05, 4.69) is 57.2 Å². The lowest BCUT2D eigenvalue weighted by Crippen LogP contribution is -2.48. The molecule has 3 heterocycles. The summed E-state index contributed by atoms with van der Waals surface area (Å²) in [4.78, 5) is 17.0. The van der Waals surface area contributed by atoms with Gasteiger partial charge in [0, 0.05) is 62.8 Å². The molecule has 0 aliphatic carbocycles. The van der Waals surface area contributed by atoms with Gasteiger partial charge in [0.1, 0.15) is 11.4 Å². The minimum Gasteiger partial charge on any atom is -0.347 e. The number of aromatic nitrogens is 3. The van der Waals surface area contributed by atoms with Gasteiger partial charge < -0.3 is 9.47 Å². The molecule has 7 heteroatoms. The second-order valence-electron chi connectivity index (χ2n) is 7.41. The zero-order valence-corrected chi connectivity index (χ0v) is 16.6. The summed E-state index contributed by atoms with van der Waals surface area (Å²) in [6.45, 7) is 8.96. The van der Waals surface area contributed by atoms with E-state index in [-0.39, 0.29) is 5.91 Å². The molecule has 148 valence electrons. The summed E-state index contributed by atoms with van der Waals surface area (Å²) in [6.07, 6.45) is 3.55. The molecule has 28 heavy (non-hydrogen) atoms. The van der Waals surface area contributed by atoms with Crippen LogP contribution in [0, 0.1) is 6.92 Å². The highest BCUT2D eigenvalue weighted by Crippen LogP contribution is 2.23. The summed E-state index contributed by atoms with van der Waals surface area (Å²) in [5.41, 5.74) is 4.23. The third-order valence-corrected chi connectivity index (χ3v) is 5.66. The normalized spacial score (nSPS) is 15.4. The lowest BCUT2D eigenvalue weighted by Gasteiger charge is -2.34. The van der Waals surface area contributed by atoms with Gasteiger partial charge in [0.2, 0.25) is 5.91 Å². The van der Waals surface area contributed by atoms with E-state index in [1.54, 1.807) is 0 Å². The number of para-hydroxylation sites is 1. The second kappa shape index (κ2) is 8.14. The van der Waals surface area contributed by atoms with E-state index < -0.39 is 0 Å². The lowest BCUT2D eigenvalue weighted by atomic mass is 10.1. The molecule has 7 nitrogen and oxygen atoms in total. The van der Waals surface area contributed by atoms with Gasteiger partial charge in [-0.3, -0.25) is 9.69 Å². The van der Waals surface area contributed by atoms with Crippen LogP contribution in [-0.4, -0.2) is 56.8 Å². The minimum absolute atomic E-state index is 0.243. The highest BCUT2D eigenvalue weighted by Gasteiger charge is 2.22. The highest BCUT2D eigenvalue weighted by atomic mass is 16.6. The van der Waals surface area contributed by atoms with E-state index in [1.807, 2.05) is 11.8 Å². The number of amides is 1. The molecule has 0 unspecified atom stereocenters. The number of benzene rings is 1. The first-order valence-corrected chi connectivity index (χ1v) is 10.0. The summed E-state index contributed by atoms with van der Waals surface area (Å²) in [5, 5.41) is 9.04. The second-order valence-corrected chi connectivity index (χ2v) is 7.41. The summed E-state index contributed by atoms with van der Waals surface area (Å²) >= 11 is 0. The first-order valence-electron chi connectivity index (χ1n) is 10.0. The summed E-state index contributed by atoms with van der Waals surface area (Å²) < 4.78 is 7.03. The Morgan fingerprint density at radius 1 is 1.14 bits per heavy atom. The van der Waals surface area contributed by atoms with Crippen molar-refractivity contribution in [1.82, 2.24) is 24.7 Å². The molecule has 0 bridgehead atoms. The van der Waals surface area contributed by atoms with Gasteiger partial charge >= 0.3 is 0 Å². The molecule has 1 amide bonds. The van der Waals surface area contributed by atoms with Crippen LogP contribution in [0.5, 0.6) is 0 Å². The number of hydrogen-bond donors (Lipinski definition) is 0. The van der Waals surface area contributed by atoms with Crippen molar-refractivity contribution in [1.29, 1.82) is 0 Å². The van der Waals surface area contributed by atoms with Crippen LogP contribution in [0.3, 0.4) is 0 Å². The first kappa shape index (κ1) is 18.7. The van der Waals surface area contributed by atoms with Crippen LogP contribution in [0.1, 0.15) is 30.3 Å². The average Bonchev–Trinajstić information content (AvgIpc) is 3.30. The summed E-state index contributed by atoms with van der Waals surface area (Å²) in [7, 11) is 0. The quantitative estimate of drug-likeness (QED) is 0.657. The molecule has 1 aromatic carbocycles. The van der Waals surface area contributed by atoms with Gasteiger partial charge in [0.05, 0.1) is 0 Å². The first-order chi connectivity index (χ1) is 13.7. The number of carbonyl (C=O) groups excluding carboxylic acids is 1. The number of nitrogens with zero attached hydrogens (tertiary/aromatic N) is 5. The SMILES string of the molecule is CCn1cc(CCC(=O)N2CCN(Cc3nonc3C)CC2)c2ccccc21. The van der Waals surface area contributed by atoms with Crippen molar-refractivity contribution >= 4 is 16.8 Å². The molecular formula is C21H27N5O2. The van der Waals surface area contributed by atoms with E-state index in [1.165, 1.54) is 16.5 Å². The third-order valence-electron chi connectivity index (χ3n) is 5.66. The van der Waals surface area contributed by atoms with E-state index in [0.29, 0.717) is 6.42 Å². The number of fused-ring (bicyclic) bond motifs is 1. The molecule has 2 aromatic heterocycles. The van der Waals surface area contributed by atoms with E-state index in [4.69, 9.17) is 4.63 Å². The van der Waals surface area contributed by atoms with Crippen molar-refractivity contribution in [3.63, 3.8) is 0 Å². The maximum absolute atomic E-state index is 12.7. The fourth-order valence-electron chi connectivity index (χ4n) is 3.94. The molecule has 1 aliphatic heterocycles. The molecule has 0 N–H and O–H groups in total. The predicted octanol–water partition coefficient (Wildman–Crippen LogP) is 2.63. The topological polar surface area (TPSA) is 67.4 Å². The predicted molar refractivity (Wildman–Crippen MR) is 107 cm³/mol. The summed E-state index contributed by atoms with van der Waals surface area (Å²) in [6, 6.07) is 8.44. The van der Waals surface area contributed by atoms with E-state index in [9.17, 15) is 4.79 Å². The third kappa shape index (κ3) is 3.80. The van der Waals surface area contributed by atoms with Crippen LogP contribution in [0.25, 0.3) is 10.9 Å². The molecule has 0 atom stereocenters. The van der Waals surface area contributed by atoms with Gasteiger partial charge in [-0.05, 0) is 31.9 Å².